The lowest BCUT2D eigenvalue weighted by atomic mass is 9.98. The van der Waals surface area contributed by atoms with Gasteiger partial charge in [-0.2, -0.15) is 4.98 Å². The normalized spacial score (nSPS) is 16.3. The van der Waals surface area contributed by atoms with Gasteiger partial charge in [0.15, 0.2) is 11.6 Å². The predicted octanol–water partition coefficient (Wildman–Crippen LogP) is 1.66. The SMILES string of the molecule is NNc1ncc(F)c(NCCOC2CCCCC2)n1. The molecule has 0 bridgehead atoms. The summed E-state index contributed by atoms with van der Waals surface area (Å²) in [6.07, 6.45) is 7.47. The van der Waals surface area contributed by atoms with E-state index in [4.69, 9.17) is 10.6 Å². The summed E-state index contributed by atoms with van der Waals surface area (Å²) in [4.78, 5) is 7.55. The number of nitrogens with two attached hydrogens (primary N) is 1. The second kappa shape index (κ2) is 7.20. The lowest BCUT2D eigenvalue weighted by Gasteiger charge is -2.22. The molecule has 1 heterocycles. The first-order chi connectivity index (χ1) is 9.29. The van der Waals surface area contributed by atoms with Crippen molar-refractivity contribution >= 4 is 11.8 Å². The molecule has 6 nitrogen and oxygen atoms in total. The van der Waals surface area contributed by atoms with Crippen LogP contribution in [0.2, 0.25) is 0 Å². The van der Waals surface area contributed by atoms with Crippen LogP contribution in [0.3, 0.4) is 0 Å². The predicted molar refractivity (Wildman–Crippen MR) is 71.1 cm³/mol. The lowest BCUT2D eigenvalue weighted by Crippen LogP contribution is -2.21. The average Bonchev–Trinajstić information content (AvgIpc) is 2.46. The Morgan fingerprint density at radius 2 is 2.16 bits per heavy atom. The molecule has 7 heteroatoms. The molecule has 0 unspecified atom stereocenters. The van der Waals surface area contributed by atoms with Crippen LogP contribution in [0.4, 0.5) is 16.2 Å². The van der Waals surface area contributed by atoms with Gasteiger partial charge in [-0.25, -0.2) is 15.2 Å². The maximum absolute atomic E-state index is 13.4. The van der Waals surface area contributed by atoms with Gasteiger partial charge in [-0.05, 0) is 12.8 Å². The summed E-state index contributed by atoms with van der Waals surface area (Å²) in [5, 5.41) is 2.88. The number of halogens is 1. The number of ether oxygens (including phenoxy) is 1. The summed E-state index contributed by atoms with van der Waals surface area (Å²) in [5.74, 6) is 4.98. The Labute approximate surface area is 111 Å². The molecule has 1 aromatic heterocycles. The van der Waals surface area contributed by atoms with Crippen molar-refractivity contribution in [1.82, 2.24) is 9.97 Å². The molecule has 0 aromatic carbocycles. The standard InChI is InChI=1S/C12H20FN5O/c13-10-8-16-12(18-14)17-11(10)15-6-7-19-9-4-2-1-3-5-9/h8-9H,1-7,14H2,(H2,15,16,17,18). The lowest BCUT2D eigenvalue weighted by molar-refractivity contribution is 0.0347. The molecule has 106 valence electrons. The summed E-state index contributed by atoms with van der Waals surface area (Å²) in [7, 11) is 0. The Hall–Kier alpha value is -1.47. The van der Waals surface area contributed by atoms with Gasteiger partial charge < -0.3 is 10.1 Å². The number of hydrazine groups is 1. The van der Waals surface area contributed by atoms with Gasteiger partial charge in [-0.1, -0.05) is 19.3 Å². The molecule has 1 aliphatic carbocycles. The maximum Gasteiger partial charge on any atom is 0.239 e. The largest absolute Gasteiger partial charge is 0.376 e. The molecule has 0 aliphatic heterocycles. The van der Waals surface area contributed by atoms with Crippen LogP contribution < -0.4 is 16.6 Å². The van der Waals surface area contributed by atoms with Gasteiger partial charge in [0, 0.05) is 6.54 Å². The fourth-order valence-corrected chi connectivity index (χ4v) is 2.19. The van der Waals surface area contributed by atoms with Crippen molar-refractivity contribution in [2.24, 2.45) is 5.84 Å². The van der Waals surface area contributed by atoms with Crippen molar-refractivity contribution in [2.45, 2.75) is 38.2 Å². The van der Waals surface area contributed by atoms with Crippen LogP contribution in [0, 0.1) is 5.82 Å². The van der Waals surface area contributed by atoms with E-state index in [0.717, 1.165) is 19.0 Å². The fraction of sp³-hybridized carbons (Fsp3) is 0.667. The van der Waals surface area contributed by atoms with Gasteiger partial charge in [0.1, 0.15) is 0 Å². The quantitative estimate of drug-likeness (QED) is 0.414. The second-order valence-corrected chi connectivity index (χ2v) is 4.59. The molecular weight excluding hydrogens is 249 g/mol. The van der Waals surface area contributed by atoms with E-state index < -0.39 is 5.82 Å². The number of anilines is 2. The van der Waals surface area contributed by atoms with Crippen LogP contribution in [0.25, 0.3) is 0 Å². The molecule has 0 radical (unpaired) electrons. The highest BCUT2D eigenvalue weighted by Crippen LogP contribution is 2.20. The van der Waals surface area contributed by atoms with Crippen LogP contribution in [0.1, 0.15) is 32.1 Å². The third-order valence-corrected chi connectivity index (χ3v) is 3.17. The van der Waals surface area contributed by atoms with E-state index in [9.17, 15) is 4.39 Å². The highest BCUT2D eigenvalue weighted by Gasteiger charge is 2.13. The molecule has 19 heavy (non-hydrogen) atoms. The smallest absolute Gasteiger partial charge is 0.239 e. The minimum Gasteiger partial charge on any atom is -0.376 e. The van der Waals surface area contributed by atoms with Gasteiger partial charge in [0.2, 0.25) is 5.95 Å². The number of nitrogen functional groups attached to an aromatic ring is 1. The van der Waals surface area contributed by atoms with E-state index in [-0.39, 0.29) is 11.8 Å². The number of hydrogen-bond acceptors (Lipinski definition) is 6. The van der Waals surface area contributed by atoms with Crippen LogP contribution in [-0.4, -0.2) is 29.2 Å². The summed E-state index contributed by atoms with van der Waals surface area (Å²) in [6, 6.07) is 0. The van der Waals surface area contributed by atoms with Gasteiger partial charge in [0.05, 0.1) is 18.9 Å². The van der Waals surface area contributed by atoms with Crippen LogP contribution in [0.5, 0.6) is 0 Å². The molecule has 1 aromatic rings. The topological polar surface area (TPSA) is 85.1 Å². The molecule has 1 fully saturated rings. The molecular formula is C12H20FN5O. The highest BCUT2D eigenvalue weighted by molar-refractivity contribution is 5.40. The van der Waals surface area contributed by atoms with Crippen LogP contribution in [-0.2, 0) is 4.74 Å². The van der Waals surface area contributed by atoms with Crippen molar-refractivity contribution in [2.75, 3.05) is 23.9 Å². The van der Waals surface area contributed by atoms with Crippen molar-refractivity contribution in [1.29, 1.82) is 0 Å². The second-order valence-electron chi connectivity index (χ2n) is 4.59. The Morgan fingerprint density at radius 3 is 2.89 bits per heavy atom. The number of aromatic nitrogens is 2. The van der Waals surface area contributed by atoms with E-state index in [2.05, 4.69) is 20.7 Å². The summed E-state index contributed by atoms with van der Waals surface area (Å²) in [6.45, 7) is 1.05. The van der Waals surface area contributed by atoms with E-state index >= 15 is 0 Å². The van der Waals surface area contributed by atoms with Crippen molar-refractivity contribution in [3.8, 4) is 0 Å². The Morgan fingerprint density at radius 1 is 1.37 bits per heavy atom. The van der Waals surface area contributed by atoms with Crippen molar-refractivity contribution < 1.29 is 9.13 Å². The molecule has 0 atom stereocenters. The van der Waals surface area contributed by atoms with E-state index in [1.807, 2.05) is 0 Å². The van der Waals surface area contributed by atoms with Gasteiger partial charge >= 0.3 is 0 Å². The number of nitrogens with zero attached hydrogens (tertiary/aromatic N) is 2. The molecule has 0 amide bonds. The number of rotatable bonds is 6. The van der Waals surface area contributed by atoms with E-state index in [0.29, 0.717) is 19.3 Å². The first kappa shape index (κ1) is 14.0. The van der Waals surface area contributed by atoms with Gasteiger partial charge in [-0.15, -0.1) is 0 Å². The van der Waals surface area contributed by atoms with Crippen molar-refractivity contribution in [3.05, 3.63) is 12.0 Å². The molecule has 4 N–H and O–H groups in total. The fourth-order valence-electron chi connectivity index (χ4n) is 2.19. The third kappa shape index (κ3) is 4.29. The molecule has 1 saturated carbocycles. The molecule has 0 saturated heterocycles. The number of nitrogens with one attached hydrogen (secondary N) is 2. The zero-order valence-electron chi connectivity index (χ0n) is 10.9. The average molecular weight is 269 g/mol. The Bertz CT molecular complexity index is 398. The van der Waals surface area contributed by atoms with Crippen molar-refractivity contribution in [3.63, 3.8) is 0 Å². The Kier molecular flexibility index (Phi) is 5.29. The van der Waals surface area contributed by atoms with Crippen LogP contribution >= 0.6 is 0 Å². The first-order valence-corrected chi connectivity index (χ1v) is 6.64. The van der Waals surface area contributed by atoms with Gasteiger partial charge in [-0.3, -0.25) is 5.43 Å². The van der Waals surface area contributed by atoms with E-state index in [1.165, 1.54) is 19.3 Å². The summed E-state index contributed by atoms with van der Waals surface area (Å²) < 4.78 is 19.1. The Balaban J connectivity index is 1.72. The molecule has 2 rings (SSSR count). The third-order valence-electron chi connectivity index (χ3n) is 3.17. The monoisotopic (exact) mass is 269 g/mol. The van der Waals surface area contributed by atoms with E-state index in [1.54, 1.807) is 0 Å². The minimum atomic E-state index is -0.503. The minimum absolute atomic E-state index is 0.134. The number of hydrogen-bond donors (Lipinski definition) is 3. The van der Waals surface area contributed by atoms with Crippen LogP contribution in [0.15, 0.2) is 6.20 Å². The molecule has 0 spiro atoms. The highest BCUT2D eigenvalue weighted by atomic mass is 19.1. The summed E-state index contributed by atoms with van der Waals surface area (Å²) in [5.41, 5.74) is 2.28. The molecule has 1 aliphatic rings. The maximum atomic E-state index is 13.4. The van der Waals surface area contributed by atoms with Gasteiger partial charge in [0.25, 0.3) is 0 Å². The zero-order valence-corrected chi connectivity index (χ0v) is 10.9. The zero-order chi connectivity index (χ0) is 13.5. The summed E-state index contributed by atoms with van der Waals surface area (Å²) >= 11 is 0. The first-order valence-electron chi connectivity index (χ1n) is 6.64.